The van der Waals surface area contributed by atoms with E-state index in [0.29, 0.717) is 119 Å². The highest BCUT2D eigenvalue weighted by Gasteiger charge is 2.19. The average Bonchev–Trinajstić information content (AvgIpc) is 2.87. The Morgan fingerprint density at radius 2 is 0.947 bits per heavy atom. The summed E-state index contributed by atoms with van der Waals surface area (Å²) in [4.78, 5) is 15.9. The lowest BCUT2D eigenvalue weighted by Crippen LogP contribution is -2.36. The van der Waals surface area contributed by atoms with Crippen molar-refractivity contribution in [3.05, 3.63) is 10.4 Å². The molecule has 0 N–H and O–H groups in total. The second-order valence-corrected chi connectivity index (χ2v) is 8.76. The van der Waals surface area contributed by atoms with E-state index in [1.807, 2.05) is 20.8 Å². The number of carbonyl (C=O) groups is 1. The fraction of sp³-hybridized carbons (Fsp3) is 0.958. The van der Waals surface area contributed by atoms with Gasteiger partial charge in [-0.1, -0.05) is 5.11 Å². The normalized spacial score (nSPS) is 11.4. The van der Waals surface area contributed by atoms with Crippen molar-refractivity contribution >= 4 is 6.09 Å². The van der Waals surface area contributed by atoms with Crippen molar-refractivity contribution in [2.24, 2.45) is 5.11 Å². The highest BCUT2D eigenvalue weighted by molar-refractivity contribution is 5.67. The van der Waals surface area contributed by atoms with Gasteiger partial charge in [-0.2, -0.15) is 0 Å². The molecular weight excluding hydrogens is 504 g/mol. The molecule has 0 spiro atoms. The van der Waals surface area contributed by atoms with Crippen molar-refractivity contribution < 1.29 is 47.4 Å². The third-order valence-corrected chi connectivity index (χ3v) is 4.28. The first-order valence-corrected chi connectivity index (χ1v) is 12.9. The molecule has 0 aromatic heterocycles. The smallest absolute Gasteiger partial charge is 0.410 e. The molecule has 0 fully saturated rings. The summed E-state index contributed by atoms with van der Waals surface area (Å²) in [6.07, 6.45) is -0.366. The van der Waals surface area contributed by atoms with E-state index in [1.54, 1.807) is 7.05 Å². The lowest BCUT2D eigenvalue weighted by Gasteiger charge is -2.24. The SMILES string of the molecule is CN(CCOCCOCCOCCOCCOCCOCCOCCOCCN=[N+]=[N-])C(=O)OC(C)(C)C. The highest BCUT2D eigenvalue weighted by atomic mass is 16.6. The van der Waals surface area contributed by atoms with Gasteiger partial charge in [-0.3, -0.25) is 0 Å². The first-order valence-electron chi connectivity index (χ1n) is 12.9. The summed E-state index contributed by atoms with van der Waals surface area (Å²) < 4.78 is 48.4. The molecule has 224 valence electrons. The van der Waals surface area contributed by atoms with Gasteiger partial charge in [0.2, 0.25) is 0 Å². The van der Waals surface area contributed by atoms with Crippen LogP contribution in [0.4, 0.5) is 4.79 Å². The van der Waals surface area contributed by atoms with E-state index in [-0.39, 0.29) is 6.09 Å². The predicted molar refractivity (Wildman–Crippen MR) is 139 cm³/mol. The zero-order valence-electron chi connectivity index (χ0n) is 23.6. The number of likely N-dealkylation sites (N-methyl/N-ethyl adjacent to an activating group) is 1. The van der Waals surface area contributed by atoms with Crippen molar-refractivity contribution in [2.45, 2.75) is 26.4 Å². The Labute approximate surface area is 226 Å². The fourth-order valence-electron chi connectivity index (χ4n) is 2.42. The van der Waals surface area contributed by atoms with Crippen LogP contribution >= 0.6 is 0 Å². The molecule has 0 aromatic rings. The van der Waals surface area contributed by atoms with Crippen molar-refractivity contribution in [3.8, 4) is 0 Å². The van der Waals surface area contributed by atoms with Crippen LogP contribution in [0.15, 0.2) is 5.11 Å². The number of nitrogens with zero attached hydrogens (tertiary/aromatic N) is 4. The van der Waals surface area contributed by atoms with Crippen LogP contribution in [0, 0.1) is 0 Å². The van der Waals surface area contributed by atoms with Crippen LogP contribution in [0.1, 0.15) is 20.8 Å². The Hall–Kier alpha value is -1.74. The minimum absolute atomic E-state index is 0.326. The third-order valence-electron chi connectivity index (χ3n) is 4.28. The molecule has 0 radical (unpaired) electrons. The van der Waals surface area contributed by atoms with E-state index in [9.17, 15) is 4.79 Å². The van der Waals surface area contributed by atoms with Crippen molar-refractivity contribution in [1.29, 1.82) is 0 Å². The largest absolute Gasteiger partial charge is 0.444 e. The zero-order chi connectivity index (χ0) is 28.2. The molecular formula is C24H48N4O10. The predicted octanol–water partition coefficient (Wildman–Crippen LogP) is 2.30. The Kier molecular flexibility index (Phi) is 25.6. The lowest BCUT2D eigenvalue weighted by atomic mass is 10.2. The van der Waals surface area contributed by atoms with Crippen molar-refractivity contribution in [1.82, 2.24) is 4.90 Å². The van der Waals surface area contributed by atoms with Gasteiger partial charge < -0.3 is 47.5 Å². The molecule has 1 amide bonds. The van der Waals surface area contributed by atoms with Crippen molar-refractivity contribution in [2.75, 3.05) is 126 Å². The van der Waals surface area contributed by atoms with E-state index >= 15 is 0 Å². The number of rotatable bonds is 27. The van der Waals surface area contributed by atoms with Crippen LogP contribution < -0.4 is 0 Å². The Bertz CT molecular complexity index is 589. The summed E-state index contributed by atoms with van der Waals surface area (Å²) in [6.45, 7) is 13.8. The minimum atomic E-state index is -0.508. The van der Waals surface area contributed by atoms with E-state index in [2.05, 4.69) is 10.0 Å². The topological polar surface area (TPSA) is 152 Å². The Balaban J connectivity index is 3.18. The maximum absolute atomic E-state index is 11.8. The van der Waals surface area contributed by atoms with Gasteiger partial charge in [-0.25, -0.2) is 4.79 Å². The molecule has 0 heterocycles. The number of hydrogen-bond donors (Lipinski definition) is 0. The van der Waals surface area contributed by atoms with Crippen LogP contribution in [0.3, 0.4) is 0 Å². The summed E-state index contributed by atoms with van der Waals surface area (Å²) in [7, 11) is 1.68. The number of amides is 1. The maximum Gasteiger partial charge on any atom is 0.410 e. The van der Waals surface area contributed by atoms with Crippen LogP contribution in [0.5, 0.6) is 0 Å². The number of azide groups is 1. The van der Waals surface area contributed by atoms with Gasteiger partial charge >= 0.3 is 6.09 Å². The second-order valence-electron chi connectivity index (χ2n) is 8.76. The van der Waals surface area contributed by atoms with Gasteiger partial charge in [0.05, 0.1) is 106 Å². The monoisotopic (exact) mass is 552 g/mol. The molecule has 14 heteroatoms. The Morgan fingerprint density at radius 1 is 0.632 bits per heavy atom. The minimum Gasteiger partial charge on any atom is -0.444 e. The second kappa shape index (κ2) is 26.9. The Morgan fingerprint density at radius 3 is 1.26 bits per heavy atom. The van der Waals surface area contributed by atoms with E-state index < -0.39 is 5.60 Å². The highest BCUT2D eigenvalue weighted by Crippen LogP contribution is 2.08. The van der Waals surface area contributed by atoms with Gasteiger partial charge in [-0.15, -0.1) is 0 Å². The lowest BCUT2D eigenvalue weighted by molar-refractivity contribution is -0.0234. The van der Waals surface area contributed by atoms with Crippen LogP contribution in [-0.2, 0) is 42.6 Å². The molecule has 0 rings (SSSR count). The average molecular weight is 553 g/mol. The van der Waals surface area contributed by atoms with Crippen LogP contribution in [0.25, 0.3) is 10.4 Å². The van der Waals surface area contributed by atoms with Gasteiger partial charge in [0.1, 0.15) is 5.60 Å². The van der Waals surface area contributed by atoms with E-state index in [1.165, 1.54) is 4.90 Å². The summed E-state index contributed by atoms with van der Waals surface area (Å²) in [6, 6.07) is 0. The molecule has 0 aliphatic rings. The zero-order valence-corrected chi connectivity index (χ0v) is 23.6. The molecule has 0 saturated heterocycles. The number of hydrogen-bond acceptors (Lipinski definition) is 11. The molecule has 0 aliphatic heterocycles. The number of carbonyl (C=O) groups excluding carboxylic acids is 1. The molecule has 0 aliphatic carbocycles. The van der Waals surface area contributed by atoms with E-state index in [4.69, 9.17) is 48.2 Å². The van der Waals surface area contributed by atoms with Gasteiger partial charge in [0.15, 0.2) is 0 Å². The standard InChI is InChI=1S/C24H48N4O10/c1-24(2,3)38-23(29)28(4)6-8-31-10-12-33-14-16-35-18-20-37-22-21-36-19-17-34-15-13-32-11-9-30-7-5-26-27-25/h5-22H2,1-4H3. The summed E-state index contributed by atoms with van der Waals surface area (Å²) in [5.74, 6) is 0. The van der Waals surface area contributed by atoms with Gasteiger partial charge in [-0.05, 0) is 26.3 Å². The molecule has 14 nitrogen and oxygen atoms in total. The molecule has 38 heavy (non-hydrogen) atoms. The summed E-state index contributed by atoms with van der Waals surface area (Å²) >= 11 is 0. The molecule has 0 bridgehead atoms. The quantitative estimate of drug-likeness (QED) is 0.0642. The first-order chi connectivity index (χ1) is 18.4. The summed E-state index contributed by atoms with van der Waals surface area (Å²) in [5.41, 5.74) is 7.61. The number of ether oxygens (including phenoxy) is 9. The maximum atomic E-state index is 11.8. The van der Waals surface area contributed by atoms with Gasteiger partial charge in [0, 0.05) is 25.0 Å². The fourth-order valence-corrected chi connectivity index (χ4v) is 2.42. The molecule has 0 aromatic carbocycles. The first kappa shape index (κ1) is 36.3. The molecule has 0 atom stereocenters. The molecule has 0 unspecified atom stereocenters. The third kappa shape index (κ3) is 28.8. The van der Waals surface area contributed by atoms with E-state index in [0.717, 1.165) is 0 Å². The molecule has 0 saturated carbocycles. The van der Waals surface area contributed by atoms with Crippen LogP contribution in [0.2, 0.25) is 0 Å². The van der Waals surface area contributed by atoms with Crippen LogP contribution in [-0.4, -0.2) is 142 Å². The summed E-state index contributed by atoms with van der Waals surface area (Å²) in [5, 5.41) is 3.36. The van der Waals surface area contributed by atoms with Crippen molar-refractivity contribution in [3.63, 3.8) is 0 Å². The van der Waals surface area contributed by atoms with Gasteiger partial charge in [0.25, 0.3) is 0 Å².